The van der Waals surface area contributed by atoms with Gasteiger partial charge in [0.25, 0.3) is 0 Å². The molecule has 26 heavy (non-hydrogen) atoms. The zero-order chi connectivity index (χ0) is 17.5. The van der Waals surface area contributed by atoms with Gasteiger partial charge < -0.3 is 14.8 Å². The molecule has 0 atom stereocenters. The molecular weight excluding hydrogens is 439 g/mol. The van der Waals surface area contributed by atoms with Crippen LogP contribution >= 0.6 is 24.0 Å². The summed E-state index contributed by atoms with van der Waals surface area (Å²) in [6.07, 6.45) is 6.22. The maximum Gasteiger partial charge on any atom is 0.194 e. The molecule has 2 aromatic rings. The number of hydrogen-bond donors (Lipinski definition) is 1. The number of aromatic nitrogens is 3. The summed E-state index contributed by atoms with van der Waals surface area (Å²) in [5, 5.41) is 11.6. The number of halogens is 1. The molecule has 0 aliphatic carbocycles. The molecule has 1 N–H and O–H groups in total. The highest BCUT2D eigenvalue weighted by atomic mass is 127. The number of likely N-dealkylation sites (tertiary alicyclic amines) is 1. The number of aryl methyl sites for hydroxylation is 1. The highest BCUT2D eigenvalue weighted by Gasteiger charge is 2.17. The monoisotopic (exact) mass is 466 g/mol. The number of aliphatic imine (C=N–C) groups is 1. The molecule has 1 aromatic heterocycles. The average molecular weight is 466 g/mol. The largest absolute Gasteiger partial charge is 0.349 e. The highest BCUT2D eigenvalue weighted by molar-refractivity contribution is 14.0. The van der Waals surface area contributed by atoms with Crippen LogP contribution in [0.5, 0.6) is 0 Å². The lowest BCUT2D eigenvalue weighted by atomic mass is 10.0. The summed E-state index contributed by atoms with van der Waals surface area (Å²) in [5.74, 6) is 1.87. The van der Waals surface area contributed by atoms with Crippen molar-refractivity contribution in [1.29, 1.82) is 0 Å². The third kappa shape index (κ3) is 5.30. The van der Waals surface area contributed by atoms with Gasteiger partial charge in [-0.05, 0) is 25.3 Å². The molecule has 0 unspecified atom stereocenters. The van der Waals surface area contributed by atoms with Crippen LogP contribution in [0.1, 0.15) is 31.2 Å². The summed E-state index contributed by atoms with van der Waals surface area (Å²) >= 11 is 0. The van der Waals surface area contributed by atoms with Crippen molar-refractivity contribution in [1.82, 2.24) is 25.0 Å². The first kappa shape index (κ1) is 20.4. The Labute approximate surface area is 172 Å². The fourth-order valence-corrected chi connectivity index (χ4v) is 3.11. The van der Waals surface area contributed by atoms with Gasteiger partial charge in [-0.15, -0.1) is 34.2 Å². The third-order valence-electron chi connectivity index (χ3n) is 4.53. The summed E-state index contributed by atoms with van der Waals surface area (Å²) in [5.41, 5.74) is 2.79. The molecule has 0 saturated carbocycles. The van der Waals surface area contributed by atoms with Gasteiger partial charge >= 0.3 is 0 Å². The molecule has 2 heterocycles. The predicted molar refractivity (Wildman–Crippen MR) is 117 cm³/mol. The second-order valence-corrected chi connectivity index (χ2v) is 6.13. The molecule has 1 saturated heterocycles. The third-order valence-corrected chi connectivity index (χ3v) is 4.53. The standard InChI is InChI=1S/C19H26N6.HI/c1-3-24-15-22-23-18(24)14-21-19(20-2)25-11-9-17(10-12-25)13-16-7-5-4-6-8-16;/h4-8,13,15H,3,9-12,14H2,1-2H3,(H,20,21);1H. The predicted octanol–water partition coefficient (Wildman–Crippen LogP) is 3.17. The van der Waals surface area contributed by atoms with E-state index in [9.17, 15) is 0 Å². The van der Waals surface area contributed by atoms with Gasteiger partial charge in [0.1, 0.15) is 6.33 Å². The maximum atomic E-state index is 4.43. The Hall–Kier alpha value is -1.90. The van der Waals surface area contributed by atoms with E-state index in [0.717, 1.165) is 44.3 Å². The van der Waals surface area contributed by atoms with Crippen molar-refractivity contribution in [3.05, 3.63) is 53.6 Å². The van der Waals surface area contributed by atoms with Crippen LogP contribution in [0, 0.1) is 0 Å². The smallest absolute Gasteiger partial charge is 0.194 e. The fourth-order valence-electron chi connectivity index (χ4n) is 3.11. The molecule has 1 aromatic carbocycles. The molecule has 0 radical (unpaired) electrons. The van der Waals surface area contributed by atoms with Crippen molar-refractivity contribution in [2.24, 2.45) is 4.99 Å². The number of guanidine groups is 1. The topological polar surface area (TPSA) is 58.3 Å². The molecule has 0 bridgehead atoms. The van der Waals surface area contributed by atoms with E-state index in [1.54, 1.807) is 6.33 Å². The van der Waals surface area contributed by atoms with Gasteiger partial charge in [0.15, 0.2) is 11.8 Å². The van der Waals surface area contributed by atoms with E-state index in [-0.39, 0.29) is 24.0 Å². The normalized spacial score (nSPS) is 14.8. The molecule has 140 valence electrons. The van der Waals surface area contributed by atoms with E-state index < -0.39 is 0 Å². The Balaban J connectivity index is 0.00000243. The first-order valence-electron chi connectivity index (χ1n) is 8.87. The molecule has 1 aliphatic heterocycles. The first-order valence-corrected chi connectivity index (χ1v) is 8.87. The molecule has 0 spiro atoms. The van der Waals surface area contributed by atoms with E-state index >= 15 is 0 Å². The summed E-state index contributed by atoms with van der Waals surface area (Å²) in [6.45, 7) is 5.58. The van der Waals surface area contributed by atoms with Crippen molar-refractivity contribution in [2.45, 2.75) is 32.9 Å². The number of hydrogen-bond acceptors (Lipinski definition) is 3. The quantitative estimate of drug-likeness (QED) is 0.428. The van der Waals surface area contributed by atoms with E-state index in [1.165, 1.54) is 11.1 Å². The summed E-state index contributed by atoms with van der Waals surface area (Å²) in [6, 6.07) is 10.5. The molecule has 7 heteroatoms. The van der Waals surface area contributed by atoms with Crippen LogP contribution < -0.4 is 5.32 Å². The number of nitrogens with one attached hydrogen (secondary N) is 1. The van der Waals surface area contributed by atoms with Crippen LogP contribution in [0.4, 0.5) is 0 Å². The maximum absolute atomic E-state index is 4.43. The van der Waals surface area contributed by atoms with Crippen LogP contribution in [-0.4, -0.2) is 45.8 Å². The summed E-state index contributed by atoms with van der Waals surface area (Å²) < 4.78 is 2.04. The van der Waals surface area contributed by atoms with E-state index in [4.69, 9.17) is 0 Å². The van der Waals surface area contributed by atoms with Crippen LogP contribution in [-0.2, 0) is 13.1 Å². The highest BCUT2D eigenvalue weighted by Crippen LogP contribution is 2.19. The van der Waals surface area contributed by atoms with E-state index in [1.807, 2.05) is 11.6 Å². The first-order chi connectivity index (χ1) is 12.3. The minimum absolute atomic E-state index is 0. The van der Waals surface area contributed by atoms with Crippen LogP contribution in [0.3, 0.4) is 0 Å². The van der Waals surface area contributed by atoms with Gasteiger partial charge in [0.05, 0.1) is 6.54 Å². The number of rotatable bonds is 4. The van der Waals surface area contributed by atoms with Crippen molar-refractivity contribution < 1.29 is 0 Å². The number of piperidine rings is 1. The molecule has 1 fully saturated rings. The molecule has 0 amide bonds. The number of benzene rings is 1. The zero-order valence-electron chi connectivity index (χ0n) is 15.4. The van der Waals surface area contributed by atoms with Crippen molar-refractivity contribution in [2.75, 3.05) is 20.1 Å². The summed E-state index contributed by atoms with van der Waals surface area (Å²) in [7, 11) is 1.84. The molecule has 6 nitrogen and oxygen atoms in total. The Bertz CT molecular complexity index is 727. The SMILES string of the molecule is CCn1cnnc1CNC(=NC)N1CCC(=Cc2ccccc2)CC1.I. The second-order valence-electron chi connectivity index (χ2n) is 6.13. The minimum atomic E-state index is 0. The van der Waals surface area contributed by atoms with Gasteiger partial charge in [-0.3, -0.25) is 4.99 Å². The van der Waals surface area contributed by atoms with Crippen LogP contribution in [0.25, 0.3) is 6.08 Å². The fraction of sp³-hybridized carbons (Fsp3) is 0.421. The van der Waals surface area contributed by atoms with E-state index in [0.29, 0.717) is 6.54 Å². The van der Waals surface area contributed by atoms with Crippen molar-refractivity contribution in [3.63, 3.8) is 0 Å². The molecule has 1 aliphatic rings. The van der Waals surface area contributed by atoms with Gasteiger partial charge in [-0.1, -0.05) is 42.0 Å². The summed E-state index contributed by atoms with van der Waals surface area (Å²) in [4.78, 5) is 6.74. The molecule has 3 rings (SSSR count). The molecular formula is C19H27IN6. The Kier molecular flexibility index (Phi) is 8.08. The Morgan fingerprint density at radius 3 is 2.62 bits per heavy atom. The van der Waals surface area contributed by atoms with Crippen LogP contribution in [0.2, 0.25) is 0 Å². The lowest BCUT2D eigenvalue weighted by molar-refractivity contribution is 0.374. The average Bonchev–Trinajstić information content (AvgIpc) is 3.12. The van der Waals surface area contributed by atoms with Gasteiger partial charge in [-0.25, -0.2) is 0 Å². The lowest BCUT2D eigenvalue weighted by Crippen LogP contribution is -2.44. The van der Waals surface area contributed by atoms with Gasteiger partial charge in [0, 0.05) is 26.7 Å². The minimum Gasteiger partial charge on any atom is -0.349 e. The number of nitrogens with zero attached hydrogens (tertiary/aromatic N) is 5. The van der Waals surface area contributed by atoms with Gasteiger partial charge in [0.2, 0.25) is 0 Å². The van der Waals surface area contributed by atoms with Gasteiger partial charge in [-0.2, -0.15) is 0 Å². The Morgan fingerprint density at radius 2 is 1.96 bits per heavy atom. The van der Waals surface area contributed by atoms with Crippen molar-refractivity contribution in [3.8, 4) is 0 Å². The van der Waals surface area contributed by atoms with Crippen LogP contribution in [0.15, 0.2) is 47.2 Å². The second kappa shape index (κ2) is 10.3. The Morgan fingerprint density at radius 1 is 1.23 bits per heavy atom. The lowest BCUT2D eigenvalue weighted by Gasteiger charge is -2.31. The van der Waals surface area contributed by atoms with E-state index in [2.05, 4.69) is 68.7 Å². The zero-order valence-corrected chi connectivity index (χ0v) is 17.8. The van der Waals surface area contributed by atoms with Crippen molar-refractivity contribution >= 4 is 36.0 Å².